The maximum Gasteiger partial charge on any atom is 0.405 e. The van der Waals surface area contributed by atoms with Crippen molar-refractivity contribution < 1.29 is 32.2 Å². The lowest BCUT2D eigenvalue weighted by Crippen LogP contribution is -2.49. The molecule has 8 nitrogen and oxygen atoms in total. The van der Waals surface area contributed by atoms with Gasteiger partial charge in [-0.1, -0.05) is 48.9 Å². The summed E-state index contributed by atoms with van der Waals surface area (Å²) in [6.45, 7) is 4.96. The second-order valence-electron chi connectivity index (χ2n) is 13.9. The molecule has 0 bridgehead atoms. The lowest BCUT2D eigenvalue weighted by atomic mass is 9.68. The van der Waals surface area contributed by atoms with Crippen molar-refractivity contribution in [1.29, 1.82) is 0 Å². The molecule has 4 aliphatic rings. The van der Waals surface area contributed by atoms with Crippen LogP contribution in [0.2, 0.25) is 0 Å². The number of halogens is 3. The number of nitrogens with zero attached hydrogens (tertiary/aromatic N) is 3. The van der Waals surface area contributed by atoms with Gasteiger partial charge in [0.15, 0.2) is 0 Å². The summed E-state index contributed by atoms with van der Waals surface area (Å²) >= 11 is 0. The molecule has 2 fully saturated rings. The molecule has 11 heteroatoms. The van der Waals surface area contributed by atoms with Crippen LogP contribution in [0.4, 0.5) is 18.9 Å². The molecule has 0 radical (unpaired) electrons. The molecule has 2 saturated heterocycles. The normalized spacial score (nSPS) is 20.4. The summed E-state index contributed by atoms with van der Waals surface area (Å²) in [5, 5.41) is 2.20. The highest BCUT2D eigenvalue weighted by molar-refractivity contribution is 5.98. The van der Waals surface area contributed by atoms with Gasteiger partial charge in [0, 0.05) is 68.3 Å². The second kappa shape index (κ2) is 14.6. The number of hydrogen-bond donors (Lipinski definition) is 1. The first-order chi connectivity index (χ1) is 24.2. The molecule has 266 valence electrons. The van der Waals surface area contributed by atoms with E-state index in [9.17, 15) is 22.8 Å². The fourth-order valence-electron chi connectivity index (χ4n) is 8.07. The Kier molecular flexibility index (Phi) is 10.1. The van der Waals surface area contributed by atoms with Crippen molar-refractivity contribution in [2.75, 3.05) is 63.9 Å². The van der Waals surface area contributed by atoms with Crippen LogP contribution in [-0.2, 0) is 21.4 Å². The Morgan fingerprint density at radius 3 is 2.30 bits per heavy atom. The topological polar surface area (TPSA) is 74.4 Å². The van der Waals surface area contributed by atoms with E-state index in [4.69, 9.17) is 9.47 Å². The minimum absolute atomic E-state index is 0.0977. The number of rotatable bonds is 10. The summed E-state index contributed by atoms with van der Waals surface area (Å²) in [6.07, 6.45) is 1.49. The molecule has 4 aliphatic heterocycles. The number of para-hydroxylation sites is 2. The molecule has 7 rings (SSSR count). The molecule has 0 aromatic heterocycles. The van der Waals surface area contributed by atoms with E-state index in [0.717, 1.165) is 94.8 Å². The maximum atomic E-state index is 13.9. The van der Waals surface area contributed by atoms with E-state index in [0.29, 0.717) is 42.0 Å². The number of nitrogens with one attached hydrogen (secondary N) is 1. The van der Waals surface area contributed by atoms with Gasteiger partial charge in [0.25, 0.3) is 5.91 Å². The fraction of sp³-hybridized carbons (Fsp3) is 0.487. The molecular formula is C39H45F3N4O4. The van der Waals surface area contributed by atoms with Crippen LogP contribution in [0, 0.1) is 0 Å². The summed E-state index contributed by atoms with van der Waals surface area (Å²) in [4.78, 5) is 34.0. The average Bonchev–Trinajstić information content (AvgIpc) is 3.13. The summed E-state index contributed by atoms with van der Waals surface area (Å²) < 4.78 is 51.8. The van der Waals surface area contributed by atoms with Crippen molar-refractivity contribution in [3.8, 4) is 11.5 Å². The zero-order valence-electron chi connectivity index (χ0n) is 28.4. The number of carbonyl (C=O) groups excluding carboxylic acids is 2. The van der Waals surface area contributed by atoms with Gasteiger partial charge in [0.2, 0.25) is 5.91 Å². The van der Waals surface area contributed by atoms with E-state index >= 15 is 0 Å². The van der Waals surface area contributed by atoms with Gasteiger partial charge in [0.1, 0.15) is 23.5 Å². The molecule has 1 unspecified atom stereocenters. The molecule has 0 saturated carbocycles. The van der Waals surface area contributed by atoms with E-state index in [-0.39, 0.29) is 12.0 Å². The number of amides is 2. The molecule has 3 aromatic rings. The number of unbranched alkanes of at least 4 members (excludes halogenated alkanes) is 1. The lowest BCUT2D eigenvalue weighted by molar-refractivity contribution is -0.141. The summed E-state index contributed by atoms with van der Waals surface area (Å²) in [6, 6.07) is 20.6. The highest BCUT2D eigenvalue weighted by Crippen LogP contribution is 2.50. The van der Waals surface area contributed by atoms with Gasteiger partial charge in [0.05, 0.1) is 6.10 Å². The number of alkyl halides is 3. The summed E-state index contributed by atoms with van der Waals surface area (Å²) in [5.74, 6) is 0.403. The number of hydrogen-bond acceptors (Lipinski definition) is 6. The molecule has 2 amide bonds. The number of piperazine rings is 1. The van der Waals surface area contributed by atoms with E-state index in [2.05, 4.69) is 33.3 Å². The SMILES string of the molecule is O=C1c2cc(N3CCN(CCCCC4(C(=O)NCC(F)(F)F)c5ccccc5Oc5ccccc54)CC3)ccc2CCN1CC1CCCCO1. The number of fused-ring (bicyclic) bond motifs is 3. The first kappa shape index (κ1) is 34.4. The zero-order valence-corrected chi connectivity index (χ0v) is 28.4. The Morgan fingerprint density at radius 1 is 0.900 bits per heavy atom. The monoisotopic (exact) mass is 690 g/mol. The van der Waals surface area contributed by atoms with Crippen molar-refractivity contribution >= 4 is 17.5 Å². The second-order valence-corrected chi connectivity index (χ2v) is 13.9. The Balaban J connectivity index is 0.973. The third-order valence-electron chi connectivity index (χ3n) is 10.7. The standard InChI is InChI=1S/C39H45F3N4O4/c40-39(41,42)27-43-37(48)38(32-10-1-3-12-34(32)50-35-13-4-2-11-33(35)38)17-6-7-18-44-20-22-45(23-21-44)29-15-14-28-16-19-46(36(47)31(28)25-29)26-30-9-5-8-24-49-30/h1-4,10-15,25,30H,5-9,16-24,26-27H2,(H,43,48). The van der Waals surface area contributed by atoms with Crippen LogP contribution in [0.25, 0.3) is 0 Å². The van der Waals surface area contributed by atoms with Gasteiger partial charge < -0.3 is 24.6 Å². The van der Waals surface area contributed by atoms with Crippen LogP contribution < -0.4 is 15.0 Å². The highest BCUT2D eigenvalue weighted by Gasteiger charge is 2.48. The van der Waals surface area contributed by atoms with Crippen LogP contribution in [0.5, 0.6) is 11.5 Å². The lowest BCUT2D eigenvalue weighted by Gasteiger charge is -2.39. The van der Waals surface area contributed by atoms with E-state index in [1.165, 1.54) is 0 Å². The van der Waals surface area contributed by atoms with Crippen LogP contribution in [0.1, 0.15) is 65.6 Å². The van der Waals surface area contributed by atoms with Gasteiger partial charge in [-0.2, -0.15) is 13.2 Å². The fourth-order valence-corrected chi connectivity index (χ4v) is 8.07. The third-order valence-corrected chi connectivity index (χ3v) is 10.7. The number of benzene rings is 3. The molecule has 0 spiro atoms. The van der Waals surface area contributed by atoms with Gasteiger partial charge in [-0.05, 0) is 74.9 Å². The number of anilines is 1. The van der Waals surface area contributed by atoms with E-state index in [1.54, 1.807) is 48.5 Å². The minimum Gasteiger partial charge on any atom is -0.457 e. The van der Waals surface area contributed by atoms with Crippen LogP contribution in [-0.4, -0.2) is 92.9 Å². The Hall–Kier alpha value is -4.09. The zero-order chi connectivity index (χ0) is 34.7. The average molecular weight is 691 g/mol. The Bertz CT molecular complexity index is 1640. The maximum absolute atomic E-state index is 13.9. The van der Waals surface area contributed by atoms with Gasteiger partial charge in [-0.25, -0.2) is 0 Å². The molecule has 0 aliphatic carbocycles. The summed E-state index contributed by atoms with van der Waals surface area (Å²) in [7, 11) is 0. The predicted octanol–water partition coefficient (Wildman–Crippen LogP) is 6.32. The molecule has 1 atom stereocenters. The third kappa shape index (κ3) is 7.21. The Labute approximate surface area is 291 Å². The Morgan fingerprint density at radius 2 is 1.62 bits per heavy atom. The van der Waals surface area contributed by atoms with Crippen LogP contribution in [0.15, 0.2) is 66.7 Å². The number of carbonyl (C=O) groups is 2. The summed E-state index contributed by atoms with van der Waals surface area (Å²) in [5.41, 5.74) is 2.84. The first-order valence-electron chi connectivity index (χ1n) is 17.9. The first-order valence-corrected chi connectivity index (χ1v) is 17.9. The van der Waals surface area contributed by atoms with E-state index < -0.39 is 24.0 Å². The van der Waals surface area contributed by atoms with E-state index in [1.807, 2.05) is 4.90 Å². The molecule has 3 aromatic carbocycles. The number of ether oxygens (including phenoxy) is 2. The largest absolute Gasteiger partial charge is 0.457 e. The molecule has 4 heterocycles. The quantitative estimate of drug-likeness (QED) is 0.251. The predicted molar refractivity (Wildman–Crippen MR) is 185 cm³/mol. The molecule has 1 N–H and O–H groups in total. The van der Waals surface area contributed by atoms with Crippen molar-refractivity contribution in [3.63, 3.8) is 0 Å². The van der Waals surface area contributed by atoms with Gasteiger partial charge in [-0.15, -0.1) is 0 Å². The van der Waals surface area contributed by atoms with Crippen LogP contribution >= 0.6 is 0 Å². The van der Waals surface area contributed by atoms with Crippen LogP contribution in [0.3, 0.4) is 0 Å². The van der Waals surface area contributed by atoms with Crippen molar-refractivity contribution in [2.45, 2.75) is 62.6 Å². The molecular weight excluding hydrogens is 645 g/mol. The van der Waals surface area contributed by atoms with Gasteiger partial charge in [-0.3, -0.25) is 14.5 Å². The van der Waals surface area contributed by atoms with Gasteiger partial charge >= 0.3 is 6.18 Å². The highest BCUT2D eigenvalue weighted by atomic mass is 19.4. The minimum atomic E-state index is -4.53. The van der Waals surface area contributed by atoms with Crippen molar-refractivity contribution in [1.82, 2.24) is 15.1 Å². The van der Waals surface area contributed by atoms with Crippen molar-refractivity contribution in [2.24, 2.45) is 0 Å². The van der Waals surface area contributed by atoms with Crippen molar-refractivity contribution in [3.05, 3.63) is 89.0 Å². The smallest absolute Gasteiger partial charge is 0.405 e. The molecule has 50 heavy (non-hydrogen) atoms.